The molecule has 3 nitrogen and oxygen atoms in total. The maximum Gasteiger partial charge on any atom is 0.408 e. The fraction of sp³-hybridized carbons (Fsp3) is 0.250. The molecular formula is C8H5BrF3N3. The maximum atomic E-state index is 12.1. The van der Waals surface area contributed by atoms with Gasteiger partial charge < -0.3 is 0 Å². The Kier molecular flexibility index (Phi) is 2.41. The number of hydrogen-bond acceptors (Lipinski definition) is 2. The van der Waals surface area contributed by atoms with Crippen LogP contribution in [0, 0.1) is 0 Å². The lowest BCUT2D eigenvalue weighted by atomic mass is 10.3. The van der Waals surface area contributed by atoms with Gasteiger partial charge in [-0.05, 0) is 18.2 Å². The normalized spacial score (nSPS) is 12.3. The summed E-state index contributed by atoms with van der Waals surface area (Å²) in [5.74, 6) is 0. The molecule has 1 heterocycles. The van der Waals surface area contributed by atoms with Crippen LogP contribution < -0.4 is 0 Å². The molecule has 15 heavy (non-hydrogen) atoms. The number of hydrogen-bond donors (Lipinski definition) is 0. The Morgan fingerprint density at radius 2 is 2.07 bits per heavy atom. The number of fused-ring (bicyclic) bond motifs is 1. The number of alkyl halides is 3. The lowest BCUT2D eigenvalue weighted by molar-refractivity contribution is -0.142. The largest absolute Gasteiger partial charge is 0.408 e. The first-order valence-corrected chi connectivity index (χ1v) is 4.80. The zero-order chi connectivity index (χ0) is 11.1. The minimum atomic E-state index is -4.29. The van der Waals surface area contributed by atoms with Crippen LogP contribution in [0.4, 0.5) is 13.2 Å². The van der Waals surface area contributed by atoms with Gasteiger partial charge in [0.05, 0.1) is 5.52 Å². The first kappa shape index (κ1) is 10.4. The molecule has 0 amide bonds. The fourth-order valence-corrected chi connectivity index (χ4v) is 1.57. The van der Waals surface area contributed by atoms with E-state index in [0.717, 1.165) is 4.68 Å². The quantitative estimate of drug-likeness (QED) is 0.804. The lowest BCUT2D eigenvalue weighted by Gasteiger charge is -2.06. The molecule has 0 saturated heterocycles. The van der Waals surface area contributed by atoms with E-state index < -0.39 is 12.7 Å². The van der Waals surface area contributed by atoms with E-state index in [9.17, 15) is 13.2 Å². The summed E-state index contributed by atoms with van der Waals surface area (Å²) in [6, 6.07) is 4.87. The summed E-state index contributed by atoms with van der Waals surface area (Å²) in [5, 5.41) is 7.08. The van der Waals surface area contributed by atoms with Gasteiger partial charge in [-0.1, -0.05) is 21.1 Å². The Morgan fingerprint density at radius 3 is 2.73 bits per heavy atom. The van der Waals surface area contributed by atoms with Crippen LogP contribution in [0.15, 0.2) is 22.7 Å². The van der Waals surface area contributed by atoms with Crippen LogP contribution in [0.25, 0.3) is 11.0 Å². The summed E-state index contributed by atoms with van der Waals surface area (Å²) in [7, 11) is 0. The van der Waals surface area contributed by atoms with Crippen LogP contribution in [-0.4, -0.2) is 21.2 Å². The van der Waals surface area contributed by atoms with Gasteiger partial charge >= 0.3 is 6.18 Å². The average molecular weight is 280 g/mol. The minimum absolute atomic E-state index is 0.363. The Hall–Kier alpha value is -1.11. The van der Waals surface area contributed by atoms with Crippen molar-refractivity contribution in [3.8, 4) is 0 Å². The summed E-state index contributed by atoms with van der Waals surface area (Å²) in [4.78, 5) is 0. The van der Waals surface area contributed by atoms with Crippen LogP contribution >= 0.6 is 15.9 Å². The first-order valence-electron chi connectivity index (χ1n) is 4.01. The van der Waals surface area contributed by atoms with Gasteiger partial charge in [0, 0.05) is 4.47 Å². The number of rotatable bonds is 1. The van der Waals surface area contributed by atoms with Gasteiger partial charge in [-0.2, -0.15) is 13.2 Å². The lowest BCUT2D eigenvalue weighted by Crippen LogP contribution is -2.18. The molecule has 1 aromatic carbocycles. The van der Waals surface area contributed by atoms with Gasteiger partial charge in [0.25, 0.3) is 0 Å². The second-order valence-corrected chi connectivity index (χ2v) is 3.91. The average Bonchev–Trinajstić information content (AvgIpc) is 2.46. The van der Waals surface area contributed by atoms with E-state index in [0.29, 0.717) is 15.5 Å². The zero-order valence-electron chi connectivity index (χ0n) is 7.29. The van der Waals surface area contributed by atoms with Crippen molar-refractivity contribution in [2.75, 3.05) is 0 Å². The summed E-state index contributed by atoms with van der Waals surface area (Å²) in [6.07, 6.45) is -4.29. The van der Waals surface area contributed by atoms with Gasteiger partial charge in [0.2, 0.25) is 0 Å². The summed E-state index contributed by atoms with van der Waals surface area (Å²) >= 11 is 3.18. The summed E-state index contributed by atoms with van der Waals surface area (Å²) in [6.45, 7) is -1.13. The molecule has 0 bridgehead atoms. The van der Waals surface area contributed by atoms with E-state index >= 15 is 0 Å². The van der Waals surface area contributed by atoms with Crippen molar-refractivity contribution in [2.45, 2.75) is 12.7 Å². The van der Waals surface area contributed by atoms with E-state index in [1.54, 1.807) is 18.2 Å². The number of aromatic nitrogens is 3. The molecule has 0 atom stereocenters. The van der Waals surface area contributed by atoms with Crippen molar-refractivity contribution in [3.05, 3.63) is 22.7 Å². The third kappa shape index (κ3) is 2.28. The molecule has 0 fully saturated rings. The molecule has 0 aliphatic carbocycles. The molecule has 2 aromatic rings. The second kappa shape index (κ2) is 3.48. The van der Waals surface area contributed by atoms with Crippen molar-refractivity contribution < 1.29 is 13.2 Å². The number of nitrogens with zero attached hydrogens (tertiary/aromatic N) is 3. The van der Waals surface area contributed by atoms with Gasteiger partial charge in [-0.15, -0.1) is 5.10 Å². The SMILES string of the molecule is FC(F)(F)Cn1nnc2ccc(Br)cc21. The van der Waals surface area contributed by atoms with Crippen molar-refractivity contribution in [2.24, 2.45) is 0 Å². The molecule has 0 N–H and O–H groups in total. The third-order valence-corrected chi connectivity index (χ3v) is 2.30. The van der Waals surface area contributed by atoms with E-state index in [1.165, 1.54) is 0 Å². The van der Waals surface area contributed by atoms with Crippen molar-refractivity contribution >= 4 is 27.0 Å². The second-order valence-electron chi connectivity index (χ2n) is 3.00. The topological polar surface area (TPSA) is 30.7 Å². The Labute approximate surface area is 91.0 Å². The minimum Gasteiger partial charge on any atom is -0.235 e. The zero-order valence-corrected chi connectivity index (χ0v) is 8.88. The van der Waals surface area contributed by atoms with Crippen LogP contribution in [0.2, 0.25) is 0 Å². The van der Waals surface area contributed by atoms with Crippen LogP contribution in [0.5, 0.6) is 0 Å². The van der Waals surface area contributed by atoms with E-state index in [-0.39, 0.29) is 0 Å². The Morgan fingerprint density at radius 1 is 1.33 bits per heavy atom. The molecule has 7 heteroatoms. The highest BCUT2D eigenvalue weighted by Gasteiger charge is 2.29. The highest BCUT2D eigenvalue weighted by atomic mass is 79.9. The molecule has 0 saturated carbocycles. The molecular weight excluding hydrogens is 275 g/mol. The van der Waals surface area contributed by atoms with Gasteiger partial charge in [-0.3, -0.25) is 0 Å². The van der Waals surface area contributed by atoms with Crippen molar-refractivity contribution in [3.63, 3.8) is 0 Å². The van der Waals surface area contributed by atoms with Gasteiger partial charge in [-0.25, -0.2) is 4.68 Å². The molecule has 80 valence electrons. The van der Waals surface area contributed by atoms with E-state index in [2.05, 4.69) is 26.2 Å². The van der Waals surface area contributed by atoms with Gasteiger partial charge in [0.1, 0.15) is 12.1 Å². The van der Waals surface area contributed by atoms with Gasteiger partial charge in [0.15, 0.2) is 0 Å². The third-order valence-electron chi connectivity index (χ3n) is 1.81. The smallest absolute Gasteiger partial charge is 0.235 e. The standard InChI is InChI=1S/C8H5BrF3N3/c9-5-1-2-6-7(3-5)15(14-13-6)4-8(10,11)12/h1-3H,4H2. The molecule has 1 aromatic heterocycles. The summed E-state index contributed by atoms with van der Waals surface area (Å²) < 4.78 is 38.0. The van der Waals surface area contributed by atoms with E-state index in [1.807, 2.05) is 0 Å². The first-order chi connectivity index (χ1) is 6.96. The van der Waals surface area contributed by atoms with Crippen LogP contribution in [-0.2, 0) is 6.54 Å². The van der Waals surface area contributed by atoms with Crippen molar-refractivity contribution in [1.82, 2.24) is 15.0 Å². The van der Waals surface area contributed by atoms with E-state index in [4.69, 9.17) is 0 Å². The molecule has 2 rings (SSSR count). The predicted octanol–water partition coefficient (Wildman–Crippen LogP) is 2.76. The Balaban J connectivity index is 2.48. The monoisotopic (exact) mass is 279 g/mol. The van der Waals surface area contributed by atoms with Crippen molar-refractivity contribution in [1.29, 1.82) is 0 Å². The van der Waals surface area contributed by atoms with Crippen LogP contribution in [0.1, 0.15) is 0 Å². The highest BCUT2D eigenvalue weighted by molar-refractivity contribution is 9.10. The number of halogens is 4. The van der Waals surface area contributed by atoms with Crippen LogP contribution in [0.3, 0.4) is 0 Å². The Bertz CT molecular complexity index is 491. The fourth-order valence-electron chi connectivity index (χ4n) is 1.22. The molecule has 0 spiro atoms. The maximum absolute atomic E-state index is 12.1. The highest BCUT2D eigenvalue weighted by Crippen LogP contribution is 2.22. The summed E-state index contributed by atoms with van der Waals surface area (Å²) in [5.41, 5.74) is 0.809. The molecule has 0 aliphatic heterocycles. The number of benzene rings is 1. The molecule has 0 aliphatic rings. The predicted molar refractivity (Wildman–Crippen MR) is 51.3 cm³/mol. The molecule has 0 unspecified atom stereocenters. The molecule has 0 radical (unpaired) electrons.